The number of thiazole rings is 1. The number of aryl methyl sites for hydroxylation is 3. The maximum atomic E-state index is 14.5. The number of unbranched alkanes of at least 4 members (excludes halogenated alkanes) is 2. The Kier molecular flexibility index (Phi) is 28.9. The van der Waals surface area contributed by atoms with Gasteiger partial charge in [0, 0.05) is 109 Å². The van der Waals surface area contributed by atoms with E-state index in [1.54, 1.807) is 74.0 Å². The summed E-state index contributed by atoms with van der Waals surface area (Å²) in [5.41, 5.74) is 12.0. The van der Waals surface area contributed by atoms with Crippen LogP contribution in [0.3, 0.4) is 0 Å². The largest absolute Gasteiger partial charge is 0.445 e. The zero-order chi connectivity index (χ0) is 82.3. The standard InChI is InChI=1S/C81H101ClN16O15S2/c1-47-49(3)115-75-67(47)68(55-20-22-57(82)23-21-55)90-61(71-94-93-50(4)98(71)75)37-63(100)84-32-34-111-42-53-35-54(43-112-45-64(101)92-70(80(5,6)7)74(106)97-41-59(99)36-62(97)73(105)87-38-51-14-18-56(19-15-51)69-48(2)88-46-114-69)40-95(39-53)79(110)113-44-52-16-24-58(25-17-52)89-72(104)60(13-11-31-86-78(83)109)91-77(108)81(28-12-29-81)76(107)85-30-9-8-10-33-96-65(102)26-27-66(96)103/h14-27,46,53-54,59-62,70,99H,8-13,28-45H2,1-7H3,(H,84,100)(H,85,107)(H,87,105)(H,89,104)(H,91,108)(H,92,101)(H3,83,86,109)/t53-,54+,59-,60+,61+,62+,70-/m1/s1. The van der Waals surface area contributed by atoms with Crippen molar-refractivity contribution in [3.05, 3.63) is 146 Å². The predicted molar refractivity (Wildman–Crippen MR) is 430 cm³/mol. The average Bonchev–Trinajstić information content (AvgIpc) is 1.65. The molecule has 0 bridgehead atoms. The first-order valence-corrected chi connectivity index (χ1v) is 40.9. The molecule has 6 aromatic rings. The fraction of sp³-hybridized carbons (Fsp3) is 0.494. The minimum Gasteiger partial charge on any atom is -0.445 e. The topological polar surface area (TPSA) is 412 Å². The number of fused-ring (bicyclic) bond motifs is 3. The Morgan fingerprint density at radius 1 is 0.748 bits per heavy atom. The number of rotatable bonds is 35. The summed E-state index contributed by atoms with van der Waals surface area (Å²) < 4.78 is 20.2. The Hall–Kier alpha value is -10.3. The highest BCUT2D eigenvalue weighted by atomic mass is 35.5. The second kappa shape index (κ2) is 38.9. The van der Waals surface area contributed by atoms with Crippen LogP contribution in [-0.4, -0.2) is 207 Å². The molecular weight excluding hydrogens is 1540 g/mol. The van der Waals surface area contributed by atoms with Crippen LogP contribution in [0.4, 0.5) is 15.3 Å². The lowest BCUT2D eigenvalue weighted by Gasteiger charge is -2.39. The number of hydrogen-bond donors (Lipinski definition) is 9. The Bertz CT molecular complexity index is 4590. The Labute approximate surface area is 680 Å². The molecule has 3 aromatic heterocycles. The number of β-amino-alcohol motifs (C(OH)–C–C–N with tert-alkyl or cyclic N) is 1. The van der Waals surface area contributed by atoms with Crippen molar-refractivity contribution in [2.45, 2.75) is 163 Å². The zero-order valence-corrected chi connectivity index (χ0v) is 68.1. The number of nitrogens with zero attached hydrogens (tertiary/aromatic N) is 8. The molecule has 3 fully saturated rings. The van der Waals surface area contributed by atoms with E-state index >= 15 is 0 Å². The second-order valence-electron chi connectivity index (χ2n) is 31.0. The van der Waals surface area contributed by atoms with Crippen molar-refractivity contribution in [1.29, 1.82) is 0 Å². The first kappa shape index (κ1) is 85.6. The van der Waals surface area contributed by atoms with Crippen molar-refractivity contribution in [3.63, 3.8) is 0 Å². The Balaban J connectivity index is 0.701. The van der Waals surface area contributed by atoms with Crippen LogP contribution in [0.25, 0.3) is 15.4 Å². The van der Waals surface area contributed by atoms with Gasteiger partial charge in [0.1, 0.15) is 53.6 Å². The number of aliphatic hydroxyl groups is 1. The van der Waals surface area contributed by atoms with Crippen LogP contribution in [0.2, 0.25) is 5.02 Å². The number of ether oxygens (including phenoxy) is 3. The first-order valence-electron chi connectivity index (χ1n) is 38.8. The number of aliphatic imine (C=N–C) groups is 1. The molecule has 4 aliphatic heterocycles. The molecule has 10 N–H and O–H groups in total. The van der Waals surface area contributed by atoms with Crippen molar-refractivity contribution in [3.8, 4) is 15.4 Å². The number of urea groups is 1. The van der Waals surface area contributed by atoms with Crippen LogP contribution in [0.1, 0.15) is 147 Å². The molecule has 1 saturated carbocycles. The molecule has 0 radical (unpaired) electrons. The summed E-state index contributed by atoms with van der Waals surface area (Å²) >= 11 is 9.48. The fourth-order valence-electron chi connectivity index (χ4n) is 14.8. The van der Waals surface area contributed by atoms with Gasteiger partial charge in [-0.2, -0.15) is 0 Å². The molecular formula is C81H101ClN16O15S2. The smallest absolute Gasteiger partial charge is 0.410 e. The van der Waals surface area contributed by atoms with Crippen molar-refractivity contribution in [2.24, 2.45) is 33.4 Å². The van der Waals surface area contributed by atoms with Crippen molar-refractivity contribution >= 4 is 111 Å². The van der Waals surface area contributed by atoms with Gasteiger partial charge >= 0.3 is 12.1 Å². The van der Waals surface area contributed by atoms with Gasteiger partial charge in [0.15, 0.2) is 5.82 Å². The van der Waals surface area contributed by atoms with Gasteiger partial charge in [-0.05, 0) is 131 Å². The number of nitrogens with one attached hydrogen (secondary N) is 7. The molecule has 5 aliphatic rings. The lowest BCUT2D eigenvalue weighted by atomic mass is 9.67. The number of halogens is 1. The summed E-state index contributed by atoms with van der Waals surface area (Å²) in [6.45, 7) is 14.1. The first-order chi connectivity index (χ1) is 55.0. The molecule has 7 heterocycles. The summed E-state index contributed by atoms with van der Waals surface area (Å²) in [5, 5.41) is 41.1. The third kappa shape index (κ3) is 21.8. The number of hydrogen-bond acceptors (Lipinski definition) is 21. The van der Waals surface area contributed by atoms with Gasteiger partial charge in [-0.1, -0.05) is 87.3 Å². The third-order valence-electron chi connectivity index (χ3n) is 21.3. The summed E-state index contributed by atoms with van der Waals surface area (Å²) in [4.78, 5) is 163. The van der Waals surface area contributed by atoms with Crippen LogP contribution >= 0.6 is 34.3 Å². The van der Waals surface area contributed by atoms with E-state index < -0.39 is 95.3 Å². The number of likely N-dealkylation sites (tertiary alicyclic amines) is 2. The van der Waals surface area contributed by atoms with Gasteiger partial charge < -0.3 is 72.1 Å². The molecule has 7 atom stereocenters. The molecule has 3 aromatic carbocycles. The number of primary amides is 1. The van der Waals surface area contributed by atoms with E-state index in [2.05, 4.69) is 66.2 Å². The van der Waals surface area contributed by atoms with E-state index in [1.165, 1.54) is 33.3 Å². The minimum atomic E-state index is -1.41. The number of carbonyl (C=O) groups excluding carboxylic acids is 11. The van der Waals surface area contributed by atoms with Crippen LogP contribution in [0.15, 0.2) is 95.5 Å². The molecule has 2 saturated heterocycles. The zero-order valence-electron chi connectivity index (χ0n) is 65.7. The number of aliphatic hydroxyl groups excluding tert-OH is 1. The van der Waals surface area contributed by atoms with Gasteiger partial charge in [-0.15, -0.1) is 32.9 Å². The van der Waals surface area contributed by atoms with E-state index in [0.29, 0.717) is 65.7 Å². The summed E-state index contributed by atoms with van der Waals surface area (Å²) in [7, 11) is 0. The van der Waals surface area contributed by atoms with Crippen molar-refractivity contribution in [2.75, 3.05) is 77.6 Å². The second-order valence-corrected chi connectivity index (χ2v) is 33.5. The van der Waals surface area contributed by atoms with Crippen molar-refractivity contribution < 1.29 is 72.1 Å². The number of thiophene rings is 1. The number of imide groups is 1. The number of anilines is 1. The Morgan fingerprint density at radius 2 is 1.43 bits per heavy atom. The van der Waals surface area contributed by atoms with Gasteiger partial charge in [0.25, 0.3) is 11.8 Å². The Morgan fingerprint density at radius 3 is 2.10 bits per heavy atom. The fourth-order valence-corrected chi connectivity index (χ4v) is 17.0. The summed E-state index contributed by atoms with van der Waals surface area (Å²) in [6.07, 6.45) is 4.41. The van der Waals surface area contributed by atoms with E-state index in [9.17, 15) is 57.8 Å². The van der Waals surface area contributed by atoms with E-state index in [0.717, 1.165) is 53.2 Å². The van der Waals surface area contributed by atoms with Gasteiger partial charge in [0.2, 0.25) is 41.4 Å². The number of nitrogens with two attached hydrogens (primary N) is 1. The number of aromatic nitrogens is 4. The lowest BCUT2D eigenvalue weighted by molar-refractivity contribution is -0.151. The summed E-state index contributed by atoms with van der Waals surface area (Å²) in [5.74, 6) is -3.73. The quantitative estimate of drug-likeness (QED) is 0.0109. The molecule has 0 unspecified atom stereocenters. The number of carbonyl (C=O) groups is 11. The molecule has 11 rings (SSSR count). The normalized spacial score (nSPS) is 18.7. The van der Waals surface area contributed by atoms with Crippen LogP contribution in [0, 0.1) is 50.4 Å². The molecule has 12 amide bonds. The molecule has 115 heavy (non-hydrogen) atoms. The molecule has 0 spiro atoms. The minimum absolute atomic E-state index is 0.00365. The number of piperidine rings is 1. The molecule has 614 valence electrons. The van der Waals surface area contributed by atoms with Crippen LogP contribution < -0.4 is 43.0 Å². The third-order valence-corrected chi connectivity index (χ3v) is 23.8. The maximum absolute atomic E-state index is 14.5. The summed E-state index contributed by atoms with van der Waals surface area (Å²) in [6, 6.07) is 17.0. The van der Waals surface area contributed by atoms with E-state index in [1.807, 2.05) is 54.8 Å². The van der Waals surface area contributed by atoms with Gasteiger partial charge in [0.05, 0.1) is 54.1 Å². The average molecular weight is 1640 g/mol. The van der Waals surface area contributed by atoms with Crippen LogP contribution in [-0.2, 0) is 70.5 Å². The predicted octanol–water partition coefficient (Wildman–Crippen LogP) is 7.11. The monoisotopic (exact) mass is 1640 g/mol. The van der Waals surface area contributed by atoms with Gasteiger partial charge in [-0.25, -0.2) is 14.6 Å². The van der Waals surface area contributed by atoms with Gasteiger partial charge in [-0.3, -0.25) is 57.6 Å². The van der Waals surface area contributed by atoms with Crippen molar-refractivity contribution in [1.82, 2.24) is 66.3 Å². The molecule has 31 nitrogen and oxygen atoms in total. The molecule has 34 heteroatoms. The molecule has 1 aliphatic carbocycles. The van der Waals surface area contributed by atoms with E-state index in [-0.39, 0.29) is 147 Å². The SMILES string of the molecule is Cc1ncsc1-c1ccc(CNC(=O)[C@@H]2C[C@@H](O)CN2C(=O)[C@@H](NC(=O)COC[C@H]2C[C@@H](COCCNC(=O)C[C@@H]3N=C(c4ccc(Cl)cc4)c4c(sc(C)c4C)-n4c(C)nnc43)CN(C(=O)OCc3ccc(NC(=O)[C@H](CCCNC(N)=O)NC(=O)C4(C(=O)NCCCCCN5C(=O)C=CC5=O)CCC4)cc3)C2)C(C)(C)C)cc1. The van der Waals surface area contributed by atoms with Crippen LogP contribution in [0.5, 0.6) is 0 Å². The highest BCUT2D eigenvalue weighted by molar-refractivity contribution is 7.15. The highest BCUT2D eigenvalue weighted by Gasteiger charge is 2.52. The van der Waals surface area contributed by atoms with E-state index in [4.69, 9.17) is 36.5 Å². The number of amides is 12. The maximum Gasteiger partial charge on any atom is 0.410 e. The number of benzene rings is 3. The lowest BCUT2D eigenvalue weighted by Crippen LogP contribution is -2.58. The highest BCUT2D eigenvalue weighted by Crippen LogP contribution is 2.43.